The van der Waals surface area contributed by atoms with Crippen LogP contribution in [0.3, 0.4) is 0 Å². The summed E-state index contributed by atoms with van der Waals surface area (Å²) in [5.74, 6) is -0.399. The molecule has 0 bridgehead atoms. The molecular formula is C20H20N4O4S2. The molecule has 2 N–H and O–H groups in total. The minimum atomic E-state index is -3.68. The fourth-order valence-corrected chi connectivity index (χ4v) is 4.88. The molecule has 0 atom stereocenters. The van der Waals surface area contributed by atoms with Crippen molar-refractivity contribution in [1.29, 1.82) is 0 Å². The van der Waals surface area contributed by atoms with Crippen molar-refractivity contribution >= 4 is 33.8 Å². The first-order valence-electron chi connectivity index (χ1n) is 9.31. The Kier molecular flexibility index (Phi) is 5.82. The lowest BCUT2D eigenvalue weighted by molar-refractivity contribution is 0.0730. The molecule has 1 saturated heterocycles. The third kappa shape index (κ3) is 4.21. The second-order valence-corrected chi connectivity index (χ2v) is 9.01. The van der Waals surface area contributed by atoms with Crippen molar-refractivity contribution < 1.29 is 17.9 Å². The van der Waals surface area contributed by atoms with Crippen LogP contribution in [0.5, 0.6) is 0 Å². The van der Waals surface area contributed by atoms with E-state index in [-0.39, 0.29) is 10.5 Å². The van der Waals surface area contributed by atoms with E-state index in [1.807, 2.05) is 6.07 Å². The van der Waals surface area contributed by atoms with Gasteiger partial charge in [0, 0.05) is 42.4 Å². The van der Waals surface area contributed by atoms with E-state index in [2.05, 4.69) is 10.3 Å². The lowest BCUT2D eigenvalue weighted by Gasteiger charge is -2.26. The average molecular weight is 445 g/mol. The average Bonchev–Trinajstić information content (AvgIpc) is 3.20. The summed E-state index contributed by atoms with van der Waals surface area (Å²) in [6.07, 6.45) is 3.53. The summed E-state index contributed by atoms with van der Waals surface area (Å²) in [7, 11) is -3.68. The lowest BCUT2D eigenvalue weighted by atomic mass is 10.2. The van der Waals surface area contributed by atoms with Gasteiger partial charge < -0.3 is 15.0 Å². The minimum absolute atomic E-state index is 0.0874. The van der Waals surface area contributed by atoms with E-state index in [1.165, 1.54) is 16.4 Å². The van der Waals surface area contributed by atoms with E-state index in [0.29, 0.717) is 36.8 Å². The number of sulfonamides is 1. The summed E-state index contributed by atoms with van der Waals surface area (Å²) in [5, 5.41) is 2.81. The Labute approximate surface area is 179 Å². The highest BCUT2D eigenvalue weighted by Gasteiger charge is 2.26. The highest BCUT2D eigenvalue weighted by molar-refractivity contribution is 7.89. The van der Waals surface area contributed by atoms with Gasteiger partial charge in [-0.3, -0.25) is 9.36 Å². The summed E-state index contributed by atoms with van der Waals surface area (Å²) >= 11 is 5.23. The Morgan fingerprint density at radius 1 is 1.10 bits per heavy atom. The molecule has 0 radical (unpaired) electrons. The first kappa shape index (κ1) is 20.5. The molecule has 1 amide bonds. The first-order chi connectivity index (χ1) is 14.4. The maximum Gasteiger partial charge on any atom is 0.255 e. The maximum absolute atomic E-state index is 12.9. The van der Waals surface area contributed by atoms with Gasteiger partial charge in [-0.2, -0.15) is 4.31 Å². The number of imidazole rings is 1. The Morgan fingerprint density at radius 2 is 1.87 bits per heavy atom. The van der Waals surface area contributed by atoms with Crippen LogP contribution in [0.25, 0.3) is 5.69 Å². The standard InChI is InChI=1S/C20H20N4O4S2/c25-19(22-16-4-2-5-17(14-16)24-8-7-21-20(24)29)15-3-1-6-18(13-15)30(26,27)23-9-11-28-12-10-23/h1-8,13-14H,9-12H2,(H,21,29)(H,22,25). The van der Waals surface area contributed by atoms with Crippen LogP contribution in [0, 0.1) is 4.77 Å². The number of aromatic amines is 1. The number of aromatic nitrogens is 2. The van der Waals surface area contributed by atoms with Crippen LogP contribution in [0.15, 0.2) is 65.8 Å². The number of hydrogen-bond donors (Lipinski definition) is 2. The molecule has 3 aromatic rings. The Morgan fingerprint density at radius 3 is 2.60 bits per heavy atom. The lowest BCUT2D eigenvalue weighted by Crippen LogP contribution is -2.40. The molecule has 1 fully saturated rings. The number of hydrogen-bond acceptors (Lipinski definition) is 5. The van der Waals surface area contributed by atoms with E-state index in [4.69, 9.17) is 17.0 Å². The van der Waals surface area contributed by atoms with Gasteiger partial charge in [0.05, 0.1) is 18.1 Å². The third-order valence-electron chi connectivity index (χ3n) is 4.74. The molecule has 1 aromatic heterocycles. The van der Waals surface area contributed by atoms with Crippen LogP contribution in [-0.2, 0) is 14.8 Å². The number of ether oxygens (including phenoxy) is 1. The molecule has 1 aliphatic rings. The number of carbonyl (C=O) groups excluding carboxylic acids is 1. The van der Waals surface area contributed by atoms with Gasteiger partial charge >= 0.3 is 0 Å². The number of rotatable bonds is 5. The Bertz CT molecular complexity index is 1230. The summed E-state index contributed by atoms with van der Waals surface area (Å²) in [6, 6.07) is 13.3. The van der Waals surface area contributed by atoms with Crippen molar-refractivity contribution in [2.75, 3.05) is 31.6 Å². The molecule has 8 nitrogen and oxygen atoms in total. The van der Waals surface area contributed by atoms with Crippen molar-refractivity contribution in [2.45, 2.75) is 4.90 Å². The zero-order valence-electron chi connectivity index (χ0n) is 15.9. The van der Waals surface area contributed by atoms with E-state index in [1.54, 1.807) is 47.3 Å². The predicted octanol–water partition coefficient (Wildman–Crippen LogP) is 2.81. The van der Waals surface area contributed by atoms with E-state index in [9.17, 15) is 13.2 Å². The van der Waals surface area contributed by atoms with Crippen molar-refractivity contribution in [3.63, 3.8) is 0 Å². The summed E-state index contributed by atoms with van der Waals surface area (Å²) in [6.45, 7) is 1.32. The normalized spacial score (nSPS) is 15.1. The second-order valence-electron chi connectivity index (χ2n) is 6.68. The monoisotopic (exact) mass is 444 g/mol. The van der Waals surface area contributed by atoms with Gasteiger partial charge in [-0.15, -0.1) is 0 Å². The van der Waals surface area contributed by atoms with Crippen LogP contribution in [0.4, 0.5) is 5.69 Å². The number of H-pyrrole nitrogens is 1. The van der Waals surface area contributed by atoms with E-state index in [0.717, 1.165) is 5.69 Å². The van der Waals surface area contributed by atoms with Crippen LogP contribution < -0.4 is 5.32 Å². The summed E-state index contributed by atoms with van der Waals surface area (Å²) in [4.78, 5) is 15.8. The molecule has 2 heterocycles. The molecular weight excluding hydrogens is 424 g/mol. The molecule has 0 aliphatic carbocycles. The fraction of sp³-hybridized carbons (Fsp3) is 0.200. The SMILES string of the molecule is O=C(Nc1cccc(-n2cc[nH]c2=S)c1)c1cccc(S(=O)(=O)N2CCOCC2)c1. The Hall–Kier alpha value is -2.79. The number of benzene rings is 2. The molecule has 1 aliphatic heterocycles. The van der Waals surface area contributed by atoms with Gasteiger partial charge in [0.2, 0.25) is 10.0 Å². The quantitative estimate of drug-likeness (QED) is 0.590. The molecule has 4 rings (SSSR count). The number of nitrogens with one attached hydrogen (secondary N) is 2. The largest absolute Gasteiger partial charge is 0.379 e. The molecule has 10 heteroatoms. The highest BCUT2D eigenvalue weighted by Crippen LogP contribution is 2.20. The first-order valence-corrected chi connectivity index (χ1v) is 11.2. The van der Waals surface area contributed by atoms with Crippen LogP contribution in [0.2, 0.25) is 0 Å². The number of anilines is 1. The molecule has 0 saturated carbocycles. The smallest absolute Gasteiger partial charge is 0.255 e. The van der Waals surface area contributed by atoms with Crippen molar-refractivity contribution in [2.24, 2.45) is 0 Å². The van der Waals surface area contributed by atoms with Crippen molar-refractivity contribution in [1.82, 2.24) is 13.9 Å². The van der Waals surface area contributed by atoms with Crippen molar-refractivity contribution in [3.8, 4) is 5.69 Å². The fourth-order valence-electron chi connectivity index (χ4n) is 3.19. The number of amides is 1. The second kappa shape index (κ2) is 8.52. The van der Waals surface area contributed by atoms with Gasteiger partial charge in [-0.05, 0) is 48.6 Å². The zero-order valence-corrected chi connectivity index (χ0v) is 17.6. The molecule has 0 spiro atoms. The van der Waals surface area contributed by atoms with Gasteiger partial charge in [0.15, 0.2) is 4.77 Å². The van der Waals surface area contributed by atoms with E-state index >= 15 is 0 Å². The predicted molar refractivity (Wildman–Crippen MR) is 115 cm³/mol. The number of nitrogens with zero attached hydrogens (tertiary/aromatic N) is 2. The number of morpholine rings is 1. The third-order valence-corrected chi connectivity index (χ3v) is 6.94. The molecule has 2 aromatic carbocycles. The summed E-state index contributed by atoms with van der Waals surface area (Å²) in [5.41, 5.74) is 1.62. The van der Waals surface area contributed by atoms with Crippen molar-refractivity contribution in [3.05, 3.63) is 71.3 Å². The number of carbonyl (C=O) groups is 1. The minimum Gasteiger partial charge on any atom is -0.379 e. The van der Waals surface area contributed by atoms with Gasteiger partial charge in [-0.25, -0.2) is 8.42 Å². The maximum atomic E-state index is 12.9. The van der Waals surface area contributed by atoms with Gasteiger partial charge in [0.1, 0.15) is 0 Å². The van der Waals surface area contributed by atoms with E-state index < -0.39 is 15.9 Å². The van der Waals surface area contributed by atoms with Crippen LogP contribution in [-0.4, -0.2) is 54.5 Å². The van der Waals surface area contributed by atoms with Crippen LogP contribution >= 0.6 is 12.2 Å². The molecule has 30 heavy (non-hydrogen) atoms. The Balaban J connectivity index is 1.56. The molecule has 0 unspecified atom stereocenters. The highest BCUT2D eigenvalue weighted by atomic mass is 32.2. The van der Waals surface area contributed by atoms with Gasteiger partial charge in [-0.1, -0.05) is 12.1 Å². The summed E-state index contributed by atoms with van der Waals surface area (Å²) < 4.78 is 34.6. The zero-order chi connectivity index (χ0) is 21.1. The van der Waals surface area contributed by atoms with Gasteiger partial charge in [0.25, 0.3) is 5.91 Å². The topological polar surface area (TPSA) is 96.4 Å². The van der Waals surface area contributed by atoms with Crippen LogP contribution in [0.1, 0.15) is 10.4 Å². The molecule has 156 valence electrons.